The maximum atomic E-state index is 12.6. The molecule has 128 valence electrons. The molecule has 1 amide bonds. The van der Waals surface area contributed by atoms with Crippen molar-refractivity contribution in [2.24, 2.45) is 0 Å². The number of fused-ring (bicyclic) bond motifs is 1. The monoisotopic (exact) mass is 330 g/mol. The maximum absolute atomic E-state index is 12.6. The van der Waals surface area contributed by atoms with Crippen molar-refractivity contribution in [3.8, 4) is 5.75 Å². The van der Waals surface area contributed by atoms with Crippen molar-refractivity contribution in [1.29, 1.82) is 0 Å². The lowest BCUT2D eigenvalue weighted by Crippen LogP contribution is -2.50. The Balaban J connectivity index is 1.79. The van der Waals surface area contributed by atoms with Crippen LogP contribution in [0.15, 0.2) is 24.3 Å². The number of piperidine rings is 1. The standard InChI is InChI=1S/C18H22N2O4/c1-2-20-9-7-18(8-10-20)12-15(21)14-11-13(3-5-16(14)24-18)4-6-17(22)19-23/h3-6,11,23H,2,7-10,12H2,1H3,(H,19,22)/b6-4+. The zero-order chi connectivity index (χ0) is 17.2. The highest BCUT2D eigenvalue weighted by Crippen LogP contribution is 2.39. The molecule has 0 saturated carbocycles. The Bertz CT molecular complexity index is 676. The van der Waals surface area contributed by atoms with Crippen LogP contribution in [-0.2, 0) is 4.79 Å². The smallest absolute Gasteiger partial charge is 0.267 e. The Morgan fingerprint density at radius 3 is 2.83 bits per heavy atom. The van der Waals surface area contributed by atoms with Gasteiger partial charge >= 0.3 is 0 Å². The van der Waals surface area contributed by atoms with Gasteiger partial charge in [-0.2, -0.15) is 0 Å². The normalized spacial score (nSPS) is 20.0. The first-order valence-corrected chi connectivity index (χ1v) is 8.26. The fraction of sp³-hybridized carbons (Fsp3) is 0.444. The third-order valence-corrected chi connectivity index (χ3v) is 4.87. The van der Waals surface area contributed by atoms with Gasteiger partial charge in [-0.3, -0.25) is 14.8 Å². The Hall–Kier alpha value is -2.18. The van der Waals surface area contributed by atoms with Crippen molar-refractivity contribution in [3.63, 3.8) is 0 Å². The second-order valence-corrected chi connectivity index (χ2v) is 6.38. The summed E-state index contributed by atoms with van der Waals surface area (Å²) < 4.78 is 6.23. The summed E-state index contributed by atoms with van der Waals surface area (Å²) in [6, 6.07) is 5.32. The number of ether oxygens (including phenoxy) is 1. The maximum Gasteiger partial charge on any atom is 0.267 e. The SMILES string of the molecule is CCN1CCC2(CC1)CC(=O)c1cc(/C=C/C(=O)NO)ccc1O2. The Labute approximate surface area is 141 Å². The van der Waals surface area contributed by atoms with Crippen molar-refractivity contribution in [1.82, 2.24) is 10.4 Å². The third-order valence-electron chi connectivity index (χ3n) is 4.87. The molecule has 0 radical (unpaired) electrons. The summed E-state index contributed by atoms with van der Waals surface area (Å²) in [5.41, 5.74) is 2.44. The van der Waals surface area contributed by atoms with Gasteiger partial charge in [0, 0.05) is 32.0 Å². The van der Waals surface area contributed by atoms with Crippen LogP contribution in [0.3, 0.4) is 0 Å². The van der Waals surface area contributed by atoms with Gasteiger partial charge in [-0.05, 0) is 30.3 Å². The molecule has 6 nitrogen and oxygen atoms in total. The molecule has 0 bridgehead atoms. The number of benzene rings is 1. The summed E-state index contributed by atoms with van der Waals surface area (Å²) in [5, 5.41) is 8.50. The molecule has 0 atom stereocenters. The van der Waals surface area contributed by atoms with Gasteiger partial charge in [-0.15, -0.1) is 0 Å². The van der Waals surface area contributed by atoms with Gasteiger partial charge in [-0.25, -0.2) is 5.48 Å². The molecule has 2 aliphatic heterocycles. The minimum Gasteiger partial charge on any atom is -0.486 e. The summed E-state index contributed by atoms with van der Waals surface area (Å²) in [7, 11) is 0. The number of nitrogens with one attached hydrogen (secondary N) is 1. The van der Waals surface area contributed by atoms with E-state index in [1.54, 1.807) is 24.3 Å². The van der Waals surface area contributed by atoms with Crippen molar-refractivity contribution in [3.05, 3.63) is 35.4 Å². The number of hydroxylamine groups is 1. The lowest BCUT2D eigenvalue weighted by molar-refractivity contribution is -0.124. The van der Waals surface area contributed by atoms with Gasteiger partial charge in [-0.1, -0.05) is 13.0 Å². The molecule has 3 rings (SSSR count). The minimum absolute atomic E-state index is 0.0862. The molecule has 0 aromatic heterocycles. The Morgan fingerprint density at radius 2 is 2.17 bits per heavy atom. The average Bonchev–Trinajstić information content (AvgIpc) is 2.60. The molecule has 24 heavy (non-hydrogen) atoms. The van der Waals surface area contributed by atoms with Crippen LogP contribution in [-0.4, -0.2) is 47.0 Å². The molecule has 0 aliphatic carbocycles. The lowest BCUT2D eigenvalue weighted by atomic mass is 9.82. The fourth-order valence-electron chi connectivity index (χ4n) is 3.38. The third kappa shape index (κ3) is 3.34. The Morgan fingerprint density at radius 1 is 1.42 bits per heavy atom. The number of likely N-dealkylation sites (tertiary alicyclic amines) is 1. The molecule has 1 fully saturated rings. The number of amides is 1. The van der Waals surface area contributed by atoms with E-state index in [1.807, 2.05) is 0 Å². The number of carbonyl (C=O) groups is 2. The van der Waals surface area contributed by atoms with Crippen LogP contribution < -0.4 is 10.2 Å². The Kier molecular flexibility index (Phi) is 4.69. The van der Waals surface area contributed by atoms with E-state index in [9.17, 15) is 9.59 Å². The van der Waals surface area contributed by atoms with E-state index < -0.39 is 5.91 Å². The number of nitrogens with zero attached hydrogens (tertiary/aromatic N) is 1. The highest BCUT2D eigenvalue weighted by molar-refractivity contribution is 6.01. The largest absolute Gasteiger partial charge is 0.486 e. The van der Waals surface area contributed by atoms with Gasteiger partial charge < -0.3 is 9.64 Å². The fourth-order valence-corrected chi connectivity index (χ4v) is 3.38. The first-order chi connectivity index (χ1) is 11.5. The lowest BCUT2D eigenvalue weighted by Gasteiger charge is -2.43. The summed E-state index contributed by atoms with van der Waals surface area (Å²) in [4.78, 5) is 26.0. The van der Waals surface area contributed by atoms with Gasteiger partial charge in [0.1, 0.15) is 11.4 Å². The van der Waals surface area contributed by atoms with Gasteiger partial charge in [0.15, 0.2) is 5.78 Å². The summed E-state index contributed by atoms with van der Waals surface area (Å²) in [6.45, 7) is 5.08. The summed E-state index contributed by atoms with van der Waals surface area (Å²) >= 11 is 0. The highest BCUT2D eigenvalue weighted by Gasteiger charge is 2.42. The predicted molar refractivity (Wildman–Crippen MR) is 89.1 cm³/mol. The van der Waals surface area contributed by atoms with Gasteiger partial charge in [0.2, 0.25) is 0 Å². The number of ketones is 1. The second kappa shape index (κ2) is 6.75. The summed E-state index contributed by atoms with van der Waals surface area (Å²) in [5.74, 6) is 0.0972. The molecule has 1 saturated heterocycles. The molecule has 1 aromatic carbocycles. The van der Waals surface area contributed by atoms with Gasteiger partial charge in [0.05, 0.1) is 12.0 Å². The molecule has 2 N–H and O–H groups in total. The van der Waals surface area contributed by atoms with Crippen LogP contribution in [0.5, 0.6) is 5.75 Å². The molecule has 6 heteroatoms. The van der Waals surface area contributed by atoms with Crippen LogP contribution in [0.4, 0.5) is 0 Å². The quantitative estimate of drug-likeness (QED) is 0.504. The molecular formula is C18H22N2O4. The zero-order valence-corrected chi connectivity index (χ0v) is 13.7. The van der Waals surface area contributed by atoms with Crippen LogP contribution >= 0.6 is 0 Å². The molecule has 0 unspecified atom stereocenters. The van der Waals surface area contributed by atoms with Crippen molar-refractivity contribution < 1.29 is 19.5 Å². The number of Topliss-reactive ketones (excluding diaryl/α,β-unsaturated/α-hetero) is 1. The van der Waals surface area contributed by atoms with Crippen LogP contribution in [0, 0.1) is 0 Å². The van der Waals surface area contributed by atoms with E-state index in [4.69, 9.17) is 9.94 Å². The topological polar surface area (TPSA) is 78.9 Å². The van der Waals surface area contributed by atoms with E-state index in [1.165, 1.54) is 11.6 Å². The van der Waals surface area contributed by atoms with E-state index in [-0.39, 0.29) is 11.4 Å². The van der Waals surface area contributed by atoms with Crippen LogP contribution in [0.2, 0.25) is 0 Å². The molecule has 1 aromatic rings. The van der Waals surface area contributed by atoms with Gasteiger partial charge in [0.25, 0.3) is 5.91 Å². The highest BCUT2D eigenvalue weighted by atomic mass is 16.5. The van der Waals surface area contributed by atoms with Crippen molar-refractivity contribution in [2.45, 2.75) is 31.8 Å². The first kappa shape index (κ1) is 16.7. The predicted octanol–water partition coefficient (Wildman–Crippen LogP) is 2.02. The average molecular weight is 330 g/mol. The second-order valence-electron chi connectivity index (χ2n) is 6.38. The van der Waals surface area contributed by atoms with E-state index in [2.05, 4.69) is 11.8 Å². The van der Waals surface area contributed by atoms with E-state index >= 15 is 0 Å². The number of hydrogen-bond donors (Lipinski definition) is 2. The number of hydrogen-bond acceptors (Lipinski definition) is 5. The first-order valence-electron chi connectivity index (χ1n) is 8.26. The zero-order valence-electron chi connectivity index (χ0n) is 13.7. The summed E-state index contributed by atoms with van der Waals surface area (Å²) in [6.07, 6.45) is 4.89. The van der Waals surface area contributed by atoms with E-state index in [0.29, 0.717) is 23.3 Å². The van der Waals surface area contributed by atoms with Crippen molar-refractivity contribution >= 4 is 17.8 Å². The minimum atomic E-state index is -0.614. The van der Waals surface area contributed by atoms with Crippen molar-refractivity contribution in [2.75, 3.05) is 19.6 Å². The molecule has 1 spiro atoms. The molecule has 2 aliphatic rings. The van der Waals surface area contributed by atoms with E-state index in [0.717, 1.165) is 32.5 Å². The molecule has 2 heterocycles. The number of carbonyl (C=O) groups excluding carboxylic acids is 2. The number of rotatable bonds is 3. The van der Waals surface area contributed by atoms with Crippen LogP contribution in [0.25, 0.3) is 6.08 Å². The van der Waals surface area contributed by atoms with Crippen LogP contribution in [0.1, 0.15) is 42.1 Å². The molecular weight excluding hydrogens is 308 g/mol.